The van der Waals surface area contributed by atoms with Gasteiger partial charge in [-0.2, -0.15) is 0 Å². The van der Waals surface area contributed by atoms with E-state index in [0.29, 0.717) is 31.7 Å². The molecule has 33 heavy (non-hydrogen) atoms. The highest BCUT2D eigenvalue weighted by Crippen LogP contribution is 2.10. The van der Waals surface area contributed by atoms with Gasteiger partial charge in [0.1, 0.15) is 0 Å². The lowest BCUT2D eigenvalue weighted by atomic mass is 9.99. The highest BCUT2D eigenvalue weighted by Gasteiger charge is 2.22. The zero-order valence-electron chi connectivity index (χ0n) is 21.5. The van der Waals surface area contributed by atoms with Crippen LogP contribution in [0.2, 0.25) is 0 Å². The van der Waals surface area contributed by atoms with Crippen molar-refractivity contribution in [3.8, 4) is 0 Å². The van der Waals surface area contributed by atoms with Gasteiger partial charge in [-0.3, -0.25) is 9.59 Å². The second kappa shape index (κ2) is 16.7. The summed E-state index contributed by atoms with van der Waals surface area (Å²) in [5, 5.41) is 17.1. The van der Waals surface area contributed by atoms with E-state index in [2.05, 4.69) is 38.3 Å². The van der Waals surface area contributed by atoms with Gasteiger partial charge in [0.05, 0.1) is 12.1 Å². The SMILES string of the molecule is CCCN(CCC)C(=O)CCCC(=O)N[C@@H](Cc1ccc(C)cc1)[C@H](O)CNCCC(C)C. The maximum Gasteiger partial charge on any atom is 0.222 e. The molecule has 0 bridgehead atoms. The lowest BCUT2D eigenvalue weighted by Gasteiger charge is -2.25. The summed E-state index contributed by atoms with van der Waals surface area (Å²) in [7, 11) is 0. The number of aliphatic hydroxyl groups is 1. The smallest absolute Gasteiger partial charge is 0.222 e. The van der Waals surface area contributed by atoms with Gasteiger partial charge < -0.3 is 20.6 Å². The van der Waals surface area contributed by atoms with Gasteiger partial charge >= 0.3 is 0 Å². The molecule has 2 amide bonds. The van der Waals surface area contributed by atoms with Crippen molar-refractivity contribution in [3.05, 3.63) is 35.4 Å². The number of benzene rings is 1. The zero-order chi connectivity index (χ0) is 24.6. The molecule has 0 saturated carbocycles. The molecule has 3 N–H and O–H groups in total. The van der Waals surface area contributed by atoms with E-state index >= 15 is 0 Å². The van der Waals surface area contributed by atoms with Crippen molar-refractivity contribution >= 4 is 11.8 Å². The molecule has 1 aromatic carbocycles. The van der Waals surface area contributed by atoms with E-state index in [1.807, 2.05) is 36.1 Å². The highest BCUT2D eigenvalue weighted by atomic mass is 16.3. The summed E-state index contributed by atoms with van der Waals surface area (Å²) in [5.41, 5.74) is 2.26. The topological polar surface area (TPSA) is 81.7 Å². The third kappa shape index (κ3) is 12.8. The molecule has 0 heterocycles. The molecule has 6 nitrogen and oxygen atoms in total. The molecular formula is C27H47N3O3. The Morgan fingerprint density at radius 1 is 1.03 bits per heavy atom. The monoisotopic (exact) mass is 461 g/mol. The molecule has 0 aliphatic carbocycles. The molecule has 1 aromatic rings. The Hall–Kier alpha value is -1.92. The van der Waals surface area contributed by atoms with Gasteiger partial charge in [0, 0.05) is 32.5 Å². The van der Waals surface area contributed by atoms with E-state index in [-0.39, 0.29) is 24.3 Å². The molecule has 0 aliphatic rings. The standard InChI is InChI=1S/C27H47N3O3/c1-6-17-30(18-7-2)27(33)10-8-9-26(32)29-24(19-23-13-11-22(5)12-14-23)25(31)20-28-16-15-21(3)4/h11-14,21,24-25,28,31H,6-10,15-20H2,1-5H3,(H,29,32)/t24-,25+/m0/s1. The quantitative estimate of drug-likeness (QED) is 0.308. The molecule has 1 rings (SSSR count). The number of hydrogen-bond donors (Lipinski definition) is 3. The van der Waals surface area contributed by atoms with E-state index in [0.717, 1.165) is 44.5 Å². The average Bonchev–Trinajstić information content (AvgIpc) is 2.77. The molecule has 0 aliphatic heterocycles. The third-order valence-electron chi connectivity index (χ3n) is 5.77. The fourth-order valence-electron chi connectivity index (χ4n) is 3.78. The first kappa shape index (κ1) is 29.1. The van der Waals surface area contributed by atoms with Crippen LogP contribution in [0.3, 0.4) is 0 Å². The minimum absolute atomic E-state index is 0.112. The van der Waals surface area contributed by atoms with Crippen LogP contribution in [0.5, 0.6) is 0 Å². The van der Waals surface area contributed by atoms with Crippen molar-refractivity contribution in [2.24, 2.45) is 5.92 Å². The van der Waals surface area contributed by atoms with Crippen LogP contribution < -0.4 is 10.6 Å². The second-order valence-corrected chi connectivity index (χ2v) is 9.55. The predicted octanol–water partition coefficient (Wildman–Crippen LogP) is 3.84. The summed E-state index contributed by atoms with van der Waals surface area (Å²) in [6, 6.07) is 7.81. The first-order valence-electron chi connectivity index (χ1n) is 12.8. The van der Waals surface area contributed by atoms with Crippen LogP contribution in [0.1, 0.15) is 77.3 Å². The molecule has 0 radical (unpaired) electrons. The van der Waals surface area contributed by atoms with Crippen molar-refractivity contribution in [1.29, 1.82) is 0 Å². The van der Waals surface area contributed by atoms with Crippen LogP contribution in [0, 0.1) is 12.8 Å². The number of carbonyl (C=O) groups is 2. The van der Waals surface area contributed by atoms with E-state index < -0.39 is 6.10 Å². The van der Waals surface area contributed by atoms with E-state index in [1.54, 1.807) is 0 Å². The molecule has 188 valence electrons. The lowest BCUT2D eigenvalue weighted by molar-refractivity contribution is -0.131. The maximum absolute atomic E-state index is 12.7. The van der Waals surface area contributed by atoms with Crippen LogP contribution in [0.25, 0.3) is 0 Å². The number of amides is 2. The molecule has 0 unspecified atom stereocenters. The number of aliphatic hydroxyl groups excluding tert-OH is 1. The van der Waals surface area contributed by atoms with Crippen LogP contribution >= 0.6 is 0 Å². The molecule has 0 spiro atoms. The first-order valence-corrected chi connectivity index (χ1v) is 12.8. The minimum Gasteiger partial charge on any atom is -0.390 e. The molecule has 6 heteroatoms. The lowest BCUT2D eigenvalue weighted by Crippen LogP contribution is -2.48. The second-order valence-electron chi connectivity index (χ2n) is 9.55. The fourth-order valence-corrected chi connectivity index (χ4v) is 3.78. The number of rotatable bonds is 17. The number of aryl methyl sites for hydroxylation is 1. The van der Waals surface area contributed by atoms with Gasteiger partial charge in [0.2, 0.25) is 11.8 Å². The van der Waals surface area contributed by atoms with Gasteiger partial charge in [-0.1, -0.05) is 57.5 Å². The Morgan fingerprint density at radius 2 is 1.67 bits per heavy atom. The zero-order valence-corrected chi connectivity index (χ0v) is 21.5. The number of nitrogens with one attached hydrogen (secondary N) is 2. The average molecular weight is 462 g/mol. The van der Waals surface area contributed by atoms with Gasteiger partial charge in [0.15, 0.2) is 0 Å². The summed E-state index contributed by atoms with van der Waals surface area (Å²) >= 11 is 0. The Morgan fingerprint density at radius 3 is 2.24 bits per heavy atom. The van der Waals surface area contributed by atoms with E-state index in [1.165, 1.54) is 5.56 Å². The molecule has 0 aromatic heterocycles. The third-order valence-corrected chi connectivity index (χ3v) is 5.77. The van der Waals surface area contributed by atoms with Crippen LogP contribution in [0.15, 0.2) is 24.3 Å². The van der Waals surface area contributed by atoms with Gasteiger partial charge in [-0.05, 0) is 57.1 Å². The number of carbonyl (C=O) groups excluding carboxylic acids is 2. The largest absolute Gasteiger partial charge is 0.390 e. The van der Waals surface area contributed by atoms with Gasteiger partial charge in [-0.25, -0.2) is 0 Å². The van der Waals surface area contributed by atoms with Crippen molar-refractivity contribution in [3.63, 3.8) is 0 Å². The molecule has 2 atom stereocenters. The summed E-state index contributed by atoms with van der Waals surface area (Å²) in [6.07, 6.45) is 4.00. The Bertz CT molecular complexity index is 670. The molecule has 0 saturated heterocycles. The van der Waals surface area contributed by atoms with E-state index in [4.69, 9.17) is 0 Å². The van der Waals surface area contributed by atoms with Gasteiger partial charge in [0.25, 0.3) is 0 Å². The first-order chi connectivity index (χ1) is 15.8. The van der Waals surface area contributed by atoms with Crippen LogP contribution in [-0.2, 0) is 16.0 Å². The summed E-state index contributed by atoms with van der Waals surface area (Å²) in [5.74, 6) is 0.613. The van der Waals surface area contributed by atoms with Gasteiger partial charge in [-0.15, -0.1) is 0 Å². The Labute approximate surface area is 201 Å². The summed E-state index contributed by atoms with van der Waals surface area (Å²) in [6.45, 7) is 13.3. The van der Waals surface area contributed by atoms with Crippen molar-refractivity contribution in [1.82, 2.24) is 15.5 Å². The molecule has 0 fully saturated rings. The van der Waals surface area contributed by atoms with Crippen molar-refractivity contribution in [2.45, 2.75) is 91.7 Å². The Kier molecular flexibility index (Phi) is 14.7. The fraction of sp³-hybridized carbons (Fsp3) is 0.704. The predicted molar refractivity (Wildman–Crippen MR) is 136 cm³/mol. The molecular weight excluding hydrogens is 414 g/mol. The van der Waals surface area contributed by atoms with Crippen LogP contribution in [0.4, 0.5) is 0 Å². The van der Waals surface area contributed by atoms with Crippen molar-refractivity contribution in [2.75, 3.05) is 26.2 Å². The normalized spacial score (nSPS) is 13.1. The maximum atomic E-state index is 12.7. The highest BCUT2D eigenvalue weighted by molar-refractivity contribution is 5.79. The summed E-state index contributed by atoms with van der Waals surface area (Å²) < 4.78 is 0. The van der Waals surface area contributed by atoms with Crippen molar-refractivity contribution < 1.29 is 14.7 Å². The number of nitrogens with zero attached hydrogens (tertiary/aromatic N) is 1. The summed E-state index contributed by atoms with van der Waals surface area (Å²) in [4.78, 5) is 27.0. The Balaban J connectivity index is 2.62. The van der Waals surface area contributed by atoms with Crippen LogP contribution in [-0.4, -0.2) is 60.1 Å². The van der Waals surface area contributed by atoms with E-state index in [9.17, 15) is 14.7 Å². The minimum atomic E-state index is -0.686. The number of hydrogen-bond acceptors (Lipinski definition) is 4.